The SMILES string of the molecule is Cc1c(Br)ccc2c1OC(C)(CO[Si](C)(C)C(C)(C)C)CC2=O. The van der Waals surface area contributed by atoms with Crippen molar-refractivity contribution < 1.29 is 14.0 Å². The summed E-state index contributed by atoms with van der Waals surface area (Å²) in [6, 6.07) is 3.74. The topological polar surface area (TPSA) is 35.5 Å². The van der Waals surface area contributed by atoms with Crippen LogP contribution in [0, 0.1) is 6.92 Å². The molecule has 0 N–H and O–H groups in total. The molecule has 0 saturated carbocycles. The highest BCUT2D eigenvalue weighted by Crippen LogP contribution is 2.41. The summed E-state index contributed by atoms with van der Waals surface area (Å²) in [4.78, 5) is 12.5. The maximum Gasteiger partial charge on any atom is 0.192 e. The second kappa shape index (κ2) is 6.01. The van der Waals surface area contributed by atoms with Gasteiger partial charge in [-0.25, -0.2) is 0 Å². The number of fused-ring (bicyclic) bond motifs is 1. The number of ether oxygens (including phenoxy) is 1. The lowest BCUT2D eigenvalue weighted by Gasteiger charge is -2.41. The molecule has 0 amide bonds. The highest BCUT2D eigenvalue weighted by Gasteiger charge is 2.43. The summed E-state index contributed by atoms with van der Waals surface area (Å²) in [6.07, 6.45) is 0.357. The van der Waals surface area contributed by atoms with Crippen molar-refractivity contribution in [3.63, 3.8) is 0 Å². The van der Waals surface area contributed by atoms with Gasteiger partial charge in [0.2, 0.25) is 0 Å². The zero-order valence-electron chi connectivity index (χ0n) is 15.2. The number of carbonyl (C=O) groups is 1. The summed E-state index contributed by atoms with van der Waals surface area (Å²) in [5.41, 5.74) is 1.04. The molecule has 0 aliphatic carbocycles. The van der Waals surface area contributed by atoms with Crippen LogP contribution >= 0.6 is 15.9 Å². The van der Waals surface area contributed by atoms with Gasteiger partial charge in [-0.05, 0) is 44.1 Å². The van der Waals surface area contributed by atoms with Gasteiger partial charge in [0.15, 0.2) is 14.1 Å². The van der Waals surface area contributed by atoms with Gasteiger partial charge in [0.1, 0.15) is 11.4 Å². The highest BCUT2D eigenvalue weighted by atomic mass is 79.9. The van der Waals surface area contributed by atoms with Crippen molar-refractivity contribution in [2.75, 3.05) is 6.61 Å². The summed E-state index contributed by atoms with van der Waals surface area (Å²) in [6.45, 7) is 15.5. The molecular formula is C18H27BrO3Si. The Kier molecular flexibility index (Phi) is 4.88. The van der Waals surface area contributed by atoms with E-state index in [1.165, 1.54) is 0 Å². The van der Waals surface area contributed by atoms with Crippen LogP contribution in [0.5, 0.6) is 5.75 Å². The van der Waals surface area contributed by atoms with Crippen molar-refractivity contribution in [2.45, 2.75) is 64.8 Å². The van der Waals surface area contributed by atoms with Gasteiger partial charge in [0.25, 0.3) is 0 Å². The van der Waals surface area contributed by atoms with E-state index in [9.17, 15) is 4.79 Å². The Morgan fingerprint density at radius 2 is 1.96 bits per heavy atom. The second-order valence-electron chi connectivity index (χ2n) is 8.25. The first-order valence-corrected chi connectivity index (χ1v) is 11.7. The van der Waals surface area contributed by atoms with Crippen molar-refractivity contribution in [2.24, 2.45) is 0 Å². The number of ketones is 1. The third-order valence-electron chi connectivity index (χ3n) is 5.07. The molecule has 0 fully saturated rings. The van der Waals surface area contributed by atoms with Gasteiger partial charge >= 0.3 is 0 Å². The molecule has 0 saturated heterocycles. The maximum atomic E-state index is 12.5. The highest BCUT2D eigenvalue weighted by molar-refractivity contribution is 9.10. The summed E-state index contributed by atoms with van der Waals surface area (Å²) in [5.74, 6) is 0.820. The minimum atomic E-state index is -1.87. The van der Waals surface area contributed by atoms with Crippen LogP contribution in [-0.4, -0.2) is 26.3 Å². The van der Waals surface area contributed by atoms with Crippen LogP contribution in [0.2, 0.25) is 18.1 Å². The van der Waals surface area contributed by atoms with Crippen molar-refractivity contribution >= 4 is 30.0 Å². The average molecular weight is 399 g/mol. The maximum absolute atomic E-state index is 12.5. The van der Waals surface area contributed by atoms with Gasteiger partial charge in [0, 0.05) is 10.0 Å². The molecular weight excluding hydrogens is 372 g/mol. The smallest absolute Gasteiger partial charge is 0.192 e. The molecule has 2 rings (SSSR count). The van der Waals surface area contributed by atoms with Gasteiger partial charge < -0.3 is 9.16 Å². The van der Waals surface area contributed by atoms with E-state index < -0.39 is 13.9 Å². The standard InChI is InChI=1S/C18H27BrO3Si/c1-12-14(19)9-8-13-15(20)10-18(5,22-16(12)13)11-21-23(6,7)17(2,3)4/h8-9H,10-11H2,1-7H3. The van der Waals surface area contributed by atoms with Gasteiger partial charge in [-0.1, -0.05) is 36.7 Å². The Bertz CT molecular complexity index is 634. The molecule has 1 aliphatic heterocycles. The lowest BCUT2D eigenvalue weighted by Crippen LogP contribution is -2.49. The van der Waals surface area contributed by atoms with Gasteiger partial charge in [0.05, 0.1) is 18.6 Å². The van der Waals surface area contributed by atoms with Crippen LogP contribution in [0.15, 0.2) is 16.6 Å². The van der Waals surface area contributed by atoms with Crippen molar-refractivity contribution in [3.05, 3.63) is 27.7 Å². The van der Waals surface area contributed by atoms with Crippen LogP contribution < -0.4 is 4.74 Å². The number of rotatable bonds is 3. The van der Waals surface area contributed by atoms with Crippen LogP contribution in [0.25, 0.3) is 0 Å². The van der Waals surface area contributed by atoms with E-state index in [0.717, 1.165) is 10.0 Å². The Labute approximate surface area is 149 Å². The molecule has 0 radical (unpaired) electrons. The van der Waals surface area contributed by atoms with Crippen molar-refractivity contribution in [1.82, 2.24) is 0 Å². The third kappa shape index (κ3) is 3.72. The number of Topliss-reactive ketones (excluding diaryl/α,β-unsaturated/α-hetero) is 1. The molecule has 23 heavy (non-hydrogen) atoms. The third-order valence-corrected chi connectivity index (χ3v) is 10.4. The fourth-order valence-corrected chi connectivity index (χ4v) is 3.78. The number of carbonyl (C=O) groups excluding carboxylic acids is 1. The van der Waals surface area contributed by atoms with E-state index in [1.807, 2.05) is 26.0 Å². The molecule has 1 aromatic carbocycles. The predicted octanol–water partition coefficient (Wildman–Crippen LogP) is 5.50. The van der Waals surface area contributed by atoms with Crippen LogP contribution in [-0.2, 0) is 4.43 Å². The molecule has 3 nitrogen and oxygen atoms in total. The molecule has 0 bridgehead atoms. The Balaban J connectivity index is 2.25. The number of hydrogen-bond donors (Lipinski definition) is 0. The summed E-state index contributed by atoms with van der Waals surface area (Å²) < 4.78 is 13.5. The van der Waals surface area contributed by atoms with Gasteiger partial charge in [-0.15, -0.1) is 0 Å². The molecule has 0 aromatic heterocycles. The summed E-state index contributed by atoms with van der Waals surface area (Å²) >= 11 is 3.51. The molecule has 1 aliphatic rings. The molecule has 1 atom stereocenters. The minimum absolute atomic E-state index is 0.128. The predicted molar refractivity (Wildman–Crippen MR) is 100 cm³/mol. The first-order chi connectivity index (χ1) is 10.4. The summed E-state index contributed by atoms with van der Waals surface area (Å²) in [7, 11) is -1.87. The zero-order chi connectivity index (χ0) is 17.6. The summed E-state index contributed by atoms with van der Waals surface area (Å²) in [5, 5.41) is 0.138. The van der Waals surface area contributed by atoms with E-state index in [-0.39, 0.29) is 10.8 Å². The van der Waals surface area contributed by atoms with E-state index in [4.69, 9.17) is 9.16 Å². The van der Waals surface area contributed by atoms with E-state index in [0.29, 0.717) is 24.3 Å². The molecule has 1 aromatic rings. The molecule has 128 valence electrons. The second-order valence-corrected chi connectivity index (χ2v) is 13.9. The lowest BCUT2D eigenvalue weighted by molar-refractivity contribution is 0.0143. The lowest BCUT2D eigenvalue weighted by atomic mass is 9.91. The zero-order valence-corrected chi connectivity index (χ0v) is 17.8. The van der Waals surface area contributed by atoms with Crippen LogP contribution in [0.1, 0.15) is 50.0 Å². The molecule has 0 spiro atoms. The monoisotopic (exact) mass is 398 g/mol. The molecule has 1 unspecified atom stereocenters. The fraction of sp³-hybridized carbons (Fsp3) is 0.611. The Hall–Kier alpha value is -0.653. The molecule has 5 heteroatoms. The number of benzene rings is 1. The number of halogens is 1. The normalized spacial score (nSPS) is 21.8. The number of hydrogen-bond acceptors (Lipinski definition) is 3. The van der Waals surface area contributed by atoms with Crippen molar-refractivity contribution in [1.29, 1.82) is 0 Å². The first-order valence-electron chi connectivity index (χ1n) is 8.02. The average Bonchev–Trinajstić information content (AvgIpc) is 2.40. The van der Waals surface area contributed by atoms with Crippen LogP contribution in [0.4, 0.5) is 0 Å². The minimum Gasteiger partial charge on any atom is -0.484 e. The Morgan fingerprint density at radius 3 is 2.52 bits per heavy atom. The fourth-order valence-electron chi connectivity index (χ4n) is 2.37. The van der Waals surface area contributed by atoms with Crippen LogP contribution in [0.3, 0.4) is 0 Å². The first kappa shape index (κ1) is 18.7. The van der Waals surface area contributed by atoms with Gasteiger partial charge in [-0.2, -0.15) is 0 Å². The van der Waals surface area contributed by atoms with Crippen molar-refractivity contribution in [3.8, 4) is 5.75 Å². The quantitative estimate of drug-likeness (QED) is 0.630. The Morgan fingerprint density at radius 1 is 1.35 bits per heavy atom. The molecule has 1 heterocycles. The van der Waals surface area contributed by atoms with E-state index in [1.54, 1.807) is 0 Å². The van der Waals surface area contributed by atoms with Gasteiger partial charge in [-0.3, -0.25) is 4.79 Å². The largest absolute Gasteiger partial charge is 0.484 e. The van der Waals surface area contributed by atoms with E-state index >= 15 is 0 Å². The van der Waals surface area contributed by atoms with E-state index in [2.05, 4.69) is 49.8 Å².